The Morgan fingerprint density at radius 3 is 2.40 bits per heavy atom. The fraction of sp³-hybridized carbons (Fsp3) is 0.385. The van der Waals surface area contributed by atoms with Crippen molar-refractivity contribution in [2.75, 3.05) is 17.2 Å². The molecule has 108 valence electrons. The average Bonchev–Trinajstić information content (AvgIpc) is 2.70. The Labute approximate surface area is 128 Å². The normalized spacial score (nSPS) is 10.7. The second kappa shape index (κ2) is 6.33. The Balaban J connectivity index is 2.16. The highest BCUT2D eigenvalue weighted by atomic mass is 35.5. The zero-order chi connectivity index (χ0) is 14.7. The molecule has 20 heavy (non-hydrogen) atoms. The van der Waals surface area contributed by atoms with Gasteiger partial charge in [-0.3, -0.25) is 4.68 Å². The molecule has 2 aromatic heterocycles. The Morgan fingerprint density at radius 1 is 1.20 bits per heavy atom. The molecule has 0 amide bonds. The molecule has 7 heteroatoms. The zero-order valence-corrected chi connectivity index (χ0v) is 13.2. The summed E-state index contributed by atoms with van der Waals surface area (Å²) in [7, 11) is 1.90. The predicted octanol–water partition coefficient (Wildman–Crippen LogP) is 3.47. The number of nitrogens with one attached hydrogen (secondary N) is 2. The van der Waals surface area contributed by atoms with E-state index in [1.54, 1.807) is 10.7 Å². The number of anilines is 2. The van der Waals surface area contributed by atoms with E-state index >= 15 is 0 Å². The summed E-state index contributed by atoms with van der Waals surface area (Å²) in [5.74, 6) is 1.24. The SMILES string of the molecule is CCNc1nc(NCc2cn(C)nc2C)c(Cl)cc1Cl. The Hall–Kier alpha value is -1.46. The first-order chi connectivity index (χ1) is 9.51. The summed E-state index contributed by atoms with van der Waals surface area (Å²) in [5.41, 5.74) is 2.09. The molecule has 2 heterocycles. The summed E-state index contributed by atoms with van der Waals surface area (Å²) in [5, 5.41) is 11.6. The largest absolute Gasteiger partial charge is 0.369 e. The standard InChI is InChI=1S/C13H17Cl2N5/c1-4-16-12-10(14)5-11(15)13(18-12)17-6-9-7-20(3)19-8(9)2/h5,7H,4,6H2,1-3H3,(H2,16,17,18). The molecule has 0 saturated heterocycles. The minimum Gasteiger partial charge on any atom is -0.369 e. The molecule has 0 fully saturated rings. The van der Waals surface area contributed by atoms with Crippen LogP contribution in [0, 0.1) is 6.92 Å². The molecule has 5 nitrogen and oxygen atoms in total. The summed E-state index contributed by atoms with van der Waals surface area (Å²) in [6, 6.07) is 1.69. The van der Waals surface area contributed by atoms with E-state index in [-0.39, 0.29) is 0 Å². The van der Waals surface area contributed by atoms with Gasteiger partial charge in [0.15, 0.2) is 0 Å². The van der Waals surface area contributed by atoms with E-state index in [1.807, 2.05) is 27.1 Å². The van der Waals surface area contributed by atoms with Crippen LogP contribution in [-0.4, -0.2) is 21.3 Å². The van der Waals surface area contributed by atoms with Gasteiger partial charge in [0, 0.05) is 31.9 Å². The molecule has 0 spiro atoms. The van der Waals surface area contributed by atoms with Gasteiger partial charge in [-0.05, 0) is 19.9 Å². The predicted molar refractivity (Wildman–Crippen MR) is 83.7 cm³/mol. The van der Waals surface area contributed by atoms with Gasteiger partial charge >= 0.3 is 0 Å². The minimum atomic E-state index is 0.498. The molecule has 0 atom stereocenters. The molecule has 0 unspecified atom stereocenters. The molecule has 2 aromatic rings. The maximum absolute atomic E-state index is 6.15. The van der Waals surface area contributed by atoms with E-state index in [0.29, 0.717) is 28.2 Å². The van der Waals surface area contributed by atoms with Gasteiger partial charge in [0.2, 0.25) is 0 Å². The molecule has 0 radical (unpaired) electrons. The molecule has 0 aliphatic carbocycles. The van der Waals surface area contributed by atoms with Gasteiger partial charge in [-0.25, -0.2) is 4.98 Å². The van der Waals surface area contributed by atoms with Crippen LogP contribution in [0.25, 0.3) is 0 Å². The van der Waals surface area contributed by atoms with Crippen LogP contribution in [0.3, 0.4) is 0 Å². The van der Waals surface area contributed by atoms with Crippen LogP contribution in [0.5, 0.6) is 0 Å². The molecule has 2 N–H and O–H groups in total. The second-order valence-electron chi connectivity index (χ2n) is 4.45. The van der Waals surface area contributed by atoms with E-state index in [9.17, 15) is 0 Å². The molecule has 0 aliphatic heterocycles. The van der Waals surface area contributed by atoms with Crippen LogP contribution in [0.1, 0.15) is 18.2 Å². The smallest absolute Gasteiger partial charge is 0.147 e. The molecule has 2 rings (SSSR count). The first-order valence-electron chi connectivity index (χ1n) is 6.34. The number of rotatable bonds is 5. The molecular formula is C13H17Cl2N5. The van der Waals surface area contributed by atoms with Crippen LogP contribution in [0.4, 0.5) is 11.6 Å². The maximum atomic E-state index is 6.15. The van der Waals surface area contributed by atoms with Crippen molar-refractivity contribution in [3.63, 3.8) is 0 Å². The molecular weight excluding hydrogens is 297 g/mol. The van der Waals surface area contributed by atoms with Crippen molar-refractivity contribution in [1.82, 2.24) is 14.8 Å². The summed E-state index contributed by atoms with van der Waals surface area (Å²) < 4.78 is 1.79. The molecule has 0 bridgehead atoms. The van der Waals surface area contributed by atoms with Gasteiger partial charge in [0.1, 0.15) is 11.6 Å². The van der Waals surface area contributed by atoms with Crippen molar-refractivity contribution in [2.24, 2.45) is 7.05 Å². The summed E-state index contributed by atoms with van der Waals surface area (Å²) in [6.07, 6.45) is 1.97. The number of aromatic nitrogens is 3. The lowest BCUT2D eigenvalue weighted by atomic mass is 10.2. The lowest BCUT2D eigenvalue weighted by molar-refractivity contribution is 0.756. The van der Waals surface area contributed by atoms with Gasteiger partial charge in [0.05, 0.1) is 15.7 Å². The van der Waals surface area contributed by atoms with Crippen LogP contribution in [0.15, 0.2) is 12.3 Å². The van der Waals surface area contributed by atoms with Crippen LogP contribution in [-0.2, 0) is 13.6 Å². The zero-order valence-electron chi connectivity index (χ0n) is 11.7. The van der Waals surface area contributed by atoms with Gasteiger partial charge in [-0.15, -0.1) is 0 Å². The molecule has 0 aliphatic rings. The number of hydrogen-bond donors (Lipinski definition) is 2. The first-order valence-corrected chi connectivity index (χ1v) is 7.09. The van der Waals surface area contributed by atoms with Gasteiger partial charge < -0.3 is 10.6 Å². The third-order valence-electron chi connectivity index (χ3n) is 2.84. The fourth-order valence-electron chi connectivity index (χ4n) is 1.88. The Bertz CT molecular complexity index is 609. The minimum absolute atomic E-state index is 0.498. The number of hydrogen-bond acceptors (Lipinski definition) is 4. The van der Waals surface area contributed by atoms with E-state index in [0.717, 1.165) is 17.8 Å². The van der Waals surface area contributed by atoms with Crippen LogP contribution < -0.4 is 10.6 Å². The summed E-state index contributed by atoms with van der Waals surface area (Å²) in [6.45, 7) is 5.31. The van der Waals surface area contributed by atoms with Gasteiger partial charge in [-0.2, -0.15) is 5.10 Å². The highest BCUT2D eigenvalue weighted by Gasteiger charge is 2.10. The van der Waals surface area contributed by atoms with Crippen molar-refractivity contribution >= 4 is 34.8 Å². The Kier molecular flexibility index (Phi) is 4.73. The Morgan fingerprint density at radius 2 is 1.85 bits per heavy atom. The van der Waals surface area contributed by atoms with Crippen molar-refractivity contribution < 1.29 is 0 Å². The van der Waals surface area contributed by atoms with E-state index in [4.69, 9.17) is 23.2 Å². The quantitative estimate of drug-likeness (QED) is 0.887. The fourth-order valence-corrected chi connectivity index (χ4v) is 2.38. The van der Waals surface area contributed by atoms with Crippen molar-refractivity contribution in [2.45, 2.75) is 20.4 Å². The third-order valence-corrected chi connectivity index (χ3v) is 3.41. The highest BCUT2D eigenvalue weighted by Crippen LogP contribution is 2.29. The first kappa shape index (κ1) is 14.9. The lowest BCUT2D eigenvalue weighted by Gasteiger charge is -2.11. The van der Waals surface area contributed by atoms with Crippen molar-refractivity contribution in [1.29, 1.82) is 0 Å². The van der Waals surface area contributed by atoms with Gasteiger partial charge in [-0.1, -0.05) is 23.2 Å². The van der Waals surface area contributed by atoms with E-state index in [2.05, 4.69) is 20.7 Å². The highest BCUT2D eigenvalue weighted by molar-refractivity contribution is 6.37. The number of aryl methyl sites for hydroxylation is 2. The number of nitrogens with zero attached hydrogens (tertiary/aromatic N) is 3. The van der Waals surface area contributed by atoms with Crippen LogP contribution >= 0.6 is 23.2 Å². The molecule has 0 aromatic carbocycles. The molecule has 0 saturated carbocycles. The topological polar surface area (TPSA) is 54.8 Å². The van der Waals surface area contributed by atoms with Crippen molar-refractivity contribution in [3.8, 4) is 0 Å². The summed E-state index contributed by atoms with van der Waals surface area (Å²) in [4.78, 5) is 4.40. The van der Waals surface area contributed by atoms with E-state index in [1.165, 1.54) is 0 Å². The maximum Gasteiger partial charge on any atom is 0.147 e. The monoisotopic (exact) mass is 313 g/mol. The van der Waals surface area contributed by atoms with Crippen LogP contribution in [0.2, 0.25) is 10.0 Å². The summed E-state index contributed by atoms with van der Waals surface area (Å²) >= 11 is 12.2. The number of halogens is 2. The number of pyridine rings is 1. The average molecular weight is 314 g/mol. The second-order valence-corrected chi connectivity index (χ2v) is 5.26. The van der Waals surface area contributed by atoms with Gasteiger partial charge in [0.25, 0.3) is 0 Å². The van der Waals surface area contributed by atoms with Crippen molar-refractivity contribution in [3.05, 3.63) is 33.6 Å². The lowest BCUT2D eigenvalue weighted by Crippen LogP contribution is -2.06. The third kappa shape index (κ3) is 3.35. The van der Waals surface area contributed by atoms with E-state index < -0.39 is 0 Å².